The highest BCUT2D eigenvalue weighted by atomic mass is 19.4. The van der Waals surface area contributed by atoms with Gasteiger partial charge in [-0.25, -0.2) is 0 Å². The fourth-order valence-electron chi connectivity index (χ4n) is 2.31. The van der Waals surface area contributed by atoms with E-state index in [0.29, 0.717) is 0 Å². The van der Waals surface area contributed by atoms with Crippen LogP contribution in [0.3, 0.4) is 0 Å². The lowest BCUT2D eigenvalue weighted by molar-refractivity contribution is -0.178. The maximum atomic E-state index is 12.8. The lowest BCUT2D eigenvalue weighted by Crippen LogP contribution is -2.41. The fraction of sp³-hybridized carbons (Fsp3) is 0.769. The number of hydrogen-bond acceptors (Lipinski definition) is 3. The van der Waals surface area contributed by atoms with Crippen molar-refractivity contribution in [3.05, 3.63) is 11.5 Å². The minimum absolute atomic E-state index is 0.244. The molecule has 1 atom stereocenters. The SMILES string of the molecule is CC1(C)OB(C2=CC(=O)C[C@H](C(F)(F)F)C2)OC1(C)C. The van der Waals surface area contributed by atoms with Crippen LogP contribution in [0.1, 0.15) is 40.5 Å². The second-order valence-corrected chi connectivity index (χ2v) is 6.42. The van der Waals surface area contributed by atoms with E-state index in [1.807, 2.05) is 27.7 Å². The van der Waals surface area contributed by atoms with Gasteiger partial charge in [-0.15, -0.1) is 0 Å². The summed E-state index contributed by atoms with van der Waals surface area (Å²) in [5, 5.41) is 0. The number of ketones is 1. The highest BCUT2D eigenvalue weighted by Crippen LogP contribution is 2.43. The summed E-state index contributed by atoms with van der Waals surface area (Å²) in [4.78, 5) is 11.5. The van der Waals surface area contributed by atoms with Crippen molar-refractivity contribution in [3.63, 3.8) is 0 Å². The summed E-state index contributed by atoms with van der Waals surface area (Å²) >= 11 is 0. The molecule has 1 saturated heterocycles. The Bertz CT molecular complexity index is 438. The molecule has 0 aromatic rings. The molecule has 2 aliphatic rings. The first-order chi connectivity index (χ1) is 8.92. The van der Waals surface area contributed by atoms with E-state index in [1.54, 1.807) is 0 Å². The molecule has 0 aromatic heterocycles. The Kier molecular flexibility index (Phi) is 3.58. The van der Waals surface area contributed by atoms with Crippen LogP contribution in [-0.4, -0.2) is 30.3 Å². The van der Waals surface area contributed by atoms with E-state index >= 15 is 0 Å². The average Bonchev–Trinajstić information content (AvgIpc) is 2.46. The van der Waals surface area contributed by atoms with Gasteiger partial charge in [-0.1, -0.05) is 0 Å². The van der Waals surface area contributed by atoms with E-state index in [-0.39, 0.29) is 11.9 Å². The summed E-state index contributed by atoms with van der Waals surface area (Å²) in [6.07, 6.45) is -3.87. The molecule has 2 rings (SSSR count). The summed E-state index contributed by atoms with van der Waals surface area (Å²) in [7, 11) is -0.880. The summed E-state index contributed by atoms with van der Waals surface area (Å²) in [6, 6.07) is 0. The number of allylic oxidation sites excluding steroid dienone is 2. The van der Waals surface area contributed by atoms with E-state index in [9.17, 15) is 18.0 Å². The Morgan fingerprint density at radius 1 is 1.15 bits per heavy atom. The second kappa shape index (κ2) is 4.60. The number of hydrogen-bond donors (Lipinski definition) is 0. The summed E-state index contributed by atoms with van der Waals surface area (Å²) in [5.41, 5.74) is -0.985. The molecule has 112 valence electrons. The number of rotatable bonds is 1. The van der Waals surface area contributed by atoms with Crippen LogP contribution >= 0.6 is 0 Å². The Hall–Kier alpha value is -0.815. The topological polar surface area (TPSA) is 35.5 Å². The van der Waals surface area contributed by atoms with Gasteiger partial charge in [0, 0.05) is 6.42 Å². The predicted molar refractivity (Wildman–Crippen MR) is 68.0 cm³/mol. The van der Waals surface area contributed by atoms with Crippen molar-refractivity contribution in [3.8, 4) is 0 Å². The number of carbonyl (C=O) groups excluding carboxylic acids is 1. The number of alkyl halides is 3. The monoisotopic (exact) mass is 290 g/mol. The van der Waals surface area contributed by atoms with Crippen LogP contribution in [0.4, 0.5) is 13.2 Å². The van der Waals surface area contributed by atoms with Gasteiger partial charge < -0.3 is 9.31 Å². The van der Waals surface area contributed by atoms with Crippen LogP contribution in [-0.2, 0) is 14.1 Å². The molecule has 0 spiro atoms. The lowest BCUT2D eigenvalue weighted by atomic mass is 9.69. The third-order valence-corrected chi connectivity index (χ3v) is 4.29. The maximum absolute atomic E-state index is 12.8. The molecule has 1 fully saturated rings. The van der Waals surface area contributed by atoms with Crippen molar-refractivity contribution in [2.75, 3.05) is 0 Å². The third-order valence-electron chi connectivity index (χ3n) is 4.29. The minimum Gasteiger partial charge on any atom is -0.400 e. The molecule has 1 aliphatic carbocycles. The molecule has 0 amide bonds. The molecule has 1 aliphatic heterocycles. The van der Waals surface area contributed by atoms with Crippen LogP contribution in [0, 0.1) is 5.92 Å². The fourth-order valence-corrected chi connectivity index (χ4v) is 2.31. The Balaban J connectivity index is 2.20. The van der Waals surface area contributed by atoms with Crippen LogP contribution in [0.25, 0.3) is 0 Å². The van der Waals surface area contributed by atoms with Crippen molar-refractivity contribution >= 4 is 12.9 Å². The molecule has 0 bridgehead atoms. The molecule has 7 heteroatoms. The molecule has 0 radical (unpaired) electrons. The van der Waals surface area contributed by atoms with Gasteiger partial charge in [-0.2, -0.15) is 13.2 Å². The minimum atomic E-state index is -4.38. The van der Waals surface area contributed by atoms with E-state index < -0.39 is 42.6 Å². The van der Waals surface area contributed by atoms with E-state index in [0.717, 1.165) is 0 Å². The zero-order valence-electron chi connectivity index (χ0n) is 12.0. The zero-order chi connectivity index (χ0) is 15.3. The van der Waals surface area contributed by atoms with Crippen molar-refractivity contribution in [2.24, 2.45) is 5.92 Å². The van der Waals surface area contributed by atoms with Gasteiger partial charge in [0.25, 0.3) is 0 Å². The number of halogens is 3. The predicted octanol–water partition coefficient (Wildman–Crippen LogP) is 3.09. The smallest absolute Gasteiger partial charge is 0.400 e. The van der Waals surface area contributed by atoms with Crippen LogP contribution in [0.15, 0.2) is 11.5 Å². The van der Waals surface area contributed by atoms with Gasteiger partial charge in [-0.3, -0.25) is 4.79 Å². The van der Waals surface area contributed by atoms with Gasteiger partial charge in [0.15, 0.2) is 5.78 Å². The normalized spacial score (nSPS) is 29.6. The lowest BCUT2D eigenvalue weighted by Gasteiger charge is -2.32. The van der Waals surface area contributed by atoms with Crippen molar-refractivity contribution in [1.29, 1.82) is 0 Å². The van der Waals surface area contributed by atoms with Gasteiger partial charge >= 0.3 is 13.3 Å². The Morgan fingerprint density at radius 2 is 1.65 bits per heavy atom. The van der Waals surface area contributed by atoms with Gasteiger partial charge in [-0.05, 0) is 45.7 Å². The molecule has 3 nitrogen and oxygen atoms in total. The first kappa shape index (κ1) is 15.6. The first-order valence-electron chi connectivity index (χ1n) is 6.58. The standard InChI is InChI=1S/C13H18BF3O3/c1-11(2)12(3,4)20-14(19-11)9-5-8(13(15,16)17)6-10(18)7-9/h7-8H,5-6H2,1-4H3/t8-/m1/s1. The summed E-state index contributed by atoms with van der Waals surface area (Å²) < 4.78 is 49.9. The first-order valence-corrected chi connectivity index (χ1v) is 6.58. The second-order valence-electron chi connectivity index (χ2n) is 6.42. The van der Waals surface area contributed by atoms with E-state index in [2.05, 4.69) is 0 Å². The quantitative estimate of drug-likeness (QED) is 0.696. The van der Waals surface area contributed by atoms with Crippen LogP contribution < -0.4 is 0 Å². The molecular weight excluding hydrogens is 272 g/mol. The Morgan fingerprint density at radius 3 is 2.10 bits per heavy atom. The maximum Gasteiger partial charge on any atom is 0.490 e. The van der Waals surface area contributed by atoms with Gasteiger partial charge in [0.2, 0.25) is 0 Å². The molecule has 0 unspecified atom stereocenters. The van der Waals surface area contributed by atoms with Crippen LogP contribution in [0.2, 0.25) is 0 Å². The molecule has 0 saturated carbocycles. The molecule has 0 aromatic carbocycles. The van der Waals surface area contributed by atoms with Crippen molar-refractivity contribution in [2.45, 2.75) is 57.9 Å². The molecule has 20 heavy (non-hydrogen) atoms. The van der Waals surface area contributed by atoms with Crippen LogP contribution in [0.5, 0.6) is 0 Å². The highest BCUT2D eigenvalue weighted by molar-refractivity contribution is 6.55. The van der Waals surface area contributed by atoms with Crippen molar-refractivity contribution < 1.29 is 27.3 Å². The Labute approximate surface area is 116 Å². The molecule has 1 heterocycles. The summed E-state index contributed by atoms with van der Waals surface area (Å²) in [5.74, 6) is -2.17. The largest absolute Gasteiger partial charge is 0.490 e. The van der Waals surface area contributed by atoms with Gasteiger partial charge in [0.05, 0.1) is 17.1 Å². The van der Waals surface area contributed by atoms with Crippen molar-refractivity contribution in [1.82, 2.24) is 0 Å². The number of carbonyl (C=O) groups is 1. The zero-order valence-corrected chi connectivity index (χ0v) is 12.0. The third kappa shape index (κ3) is 2.79. The van der Waals surface area contributed by atoms with E-state index in [4.69, 9.17) is 9.31 Å². The average molecular weight is 290 g/mol. The molecule has 0 N–H and O–H groups in total. The highest BCUT2D eigenvalue weighted by Gasteiger charge is 2.54. The van der Waals surface area contributed by atoms with Gasteiger partial charge in [0.1, 0.15) is 0 Å². The van der Waals surface area contributed by atoms with E-state index in [1.165, 1.54) is 6.08 Å². The summed E-state index contributed by atoms with van der Waals surface area (Å²) in [6.45, 7) is 7.28. The molecular formula is C13H18BF3O3.